The second-order valence-electron chi connectivity index (χ2n) is 4.32. The summed E-state index contributed by atoms with van der Waals surface area (Å²) in [7, 11) is 0. The van der Waals surface area contributed by atoms with Crippen LogP contribution in [-0.2, 0) is 4.74 Å². The normalized spacial score (nSPS) is 25.7. The zero-order valence-corrected chi connectivity index (χ0v) is 11.2. The molecule has 7 nitrogen and oxygen atoms in total. The number of ether oxygens (including phenoxy) is 1. The first-order chi connectivity index (χ1) is 9.02. The van der Waals surface area contributed by atoms with Crippen molar-refractivity contribution >= 4 is 22.2 Å². The van der Waals surface area contributed by atoms with Crippen molar-refractivity contribution in [2.45, 2.75) is 31.5 Å². The van der Waals surface area contributed by atoms with Crippen LogP contribution in [0.2, 0.25) is 0 Å². The van der Waals surface area contributed by atoms with E-state index in [1.807, 2.05) is 6.92 Å². The van der Waals surface area contributed by atoms with Crippen LogP contribution in [0, 0.1) is 10.1 Å². The maximum atomic E-state index is 11.9. The zero-order valence-electron chi connectivity index (χ0n) is 10.4. The summed E-state index contributed by atoms with van der Waals surface area (Å²) < 4.78 is 5.44. The predicted octanol–water partition coefficient (Wildman–Crippen LogP) is 0.891. The second-order valence-corrected chi connectivity index (χ2v) is 5.21. The van der Waals surface area contributed by atoms with Crippen molar-refractivity contribution in [2.24, 2.45) is 5.73 Å². The van der Waals surface area contributed by atoms with Gasteiger partial charge in [-0.15, -0.1) is 0 Å². The Labute approximate surface area is 113 Å². The molecule has 0 aliphatic heterocycles. The van der Waals surface area contributed by atoms with Crippen molar-refractivity contribution in [1.29, 1.82) is 0 Å². The highest BCUT2D eigenvalue weighted by Gasteiger charge is 2.40. The lowest BCUT2D eigenvalue weighted by Gasteiger charge is -2.42. The molecule has 3 atom stereocenters. The van der Waals surface area contributed by atoms with Crippen LogP contribution in [0.1, 0.15) is 23.7 Å². The minimum Gasteiger partial charge on any atom is -0.376 e. The van der Waals surface area contributed by atoms with Crippen LogP contribution in [0.4, 0.5) is 5.00 Å². The van der Waals surface area contributed by atoms with E-state index < -0.39 is 4.92 Å². The molecule has 1 aromatic rings. The summed E-state index contributed by atoms with van der Waals surface area (Å²) in [6, 6.07) is 0.903. The summed E-state index contributed by atoms with van der Waals surface area (Å²) in [4.78, 5) is 22.0. The molecule has 1 heterocycles. The molecule has 1 fully saturated rings. The lowest BCUT2D eigenvalue weighted by molar-refractivity contribution is -0.380. The number of amides is 1. The van der Waals surface area contributed by atoms with Crippen molar-refractivity contribution in [3.63, 3.8) is 0 Å². The van der Waals surface area contributed by atoms with E-state index in [1.165, 1.54) is 11.4 Å². The van der Waals surface area contributed by atoms with Gasteiger partial charge in [0.2, 0.25) is 0 Å². The van der Waals surface area contributed by atoms with Crippen LogP contribution < -0.4 is 11.1 Å². The highest BCUT2D eigenvalue weighted by molar-refractivity contribution is 7.13. The van der Waals surface area contributed by atoms with E-state index in [4.69, 9.17) is 10.5 Å². The fourth-order valence-electron chi connectivity index (χ4n) is 2.00. The fourth-order valence-corrected chi connectivity index (χ4v) is 2.71. The molecule has 1 aliphatic carbocycles. The predicted molar refractivity (Wildman–Crippen MR) is 70.2 cm³/mol. The topological polar surface area (TPSA) is 107 Å². The number of rotatable bonds is 5. The number of hydrogen-bond acceptors (Lipinski definition) is 6. The highest BCUT2D eigenvalue weighted by Crippen LogP contribution is 2.25. The molecule has 0 bridgehead atoms. The van der Waals surface area contributed by atoms with Crippen LogP contribution >= 0.6 is 11.3 Å². The molecule has 1 aliphatic rings. The molecule has 3 N–H and O–H groups in total. The lowest BCUT2D eigenvalue weighted by Crippen LogP contribution is -2.64. The van der Waals surface area contributed by atoms with Crippen LogP contribution in [0.5, 0.6) is 0 Å². The second kappa shape index (κ2) is 5.64. The molecule has 0 radical (unpaired) electrons. The number of carbonyl (C=O) groups excluding carboxylic acids is 1. The molecule has 1 amide bonds. The van der Waals surface area contributed by atoms with Gasteiger partial charge in [0.15, 0.2) is 0 Å². The average Bonchev–Trinajstić information content (AvgIpc) is 2.85. The van der Waals surface area contributed by atoms with Gasteiger partial charge in [0, 0.05) is 24.1 Å². The van der Waals surface area contributed by atoms with Crippen LogP contribution in [0.25, 0.3) is 0 Å². The summed E-state index contributed by atoms with van der Waals surface area (Å²) in [5, 5.41) is 14.7. The Morgan fingerprint density at radius 3 is 3.00 bits per heavy atom. The number of thiophene rings is 1. The van der Waals surface area contributed by atoms with E-state index >= 15 is 0 Å². The Hall–Kier alpha value is -1.51. The van der Waals surface area contributed by atoms with Crippen molar-refractivity contribution in [3.8, 4) is 0 Å². The van der Waals surface area contributed by atoms with E-state index in [0.717, 1.165) is 11.3 Å². The first-order valence-electron chi connectivity index (χ1n) is 5.94. The monoisotopic (exact) mass is 285 g/mol. The fraction of sp³-hybridized carbons (Fsp3) is 0.545. The maximum Gasteiger partial charge on any atom is 0.324 e. The smallest absolute Gasteiger partial charge is 0.324 e. The molecule has 104 valence electrons. The Morgan fingerprint density at radius 2 is 2.47 bits per heavy atom. The number of nitrogens with two attached hydrogens (primary N) is 1. The summed E-state index contributed by atoms with van der Waals surface area (Å²) in [6.07, 6.45) is 0.639. The number of nitrogens with zero attached hydrogens (tertiary/aromatic N) is 1. The van der Waals surface area contributed by atoms with Crippen molar-refractivity contribution in [3.05, 3.63) is 27.1 Å². The minimum atomic E-state index is -0.514. The number of nitrogens with one attached hydrogen (secondary N) is 1. The third-order valence-electron chi connectivity index (χ3n) is 3.07. The van der Waals surface area contributed by atoms with E-state index in [-0.39, 0.29) is 34.7 Å². The molecule has 19 heavy (non-hydrogen) atoms. The van der Waals surface area contributed by atoms with Gasteiger partial charge in [0.25, 0.3) is 5.91 Å². The quantitative estimate of drug-likeness (QED) is 0.617. The third kappa shape index (κ3) is 2.91. The Balaban J connectivity index is 1.98. The van der Waals surface area contributed by atoms with Gasteiger partial charge in [0.05, 0.1) is 22.6 Å². The Morgan fingerprint density at radius 1 is 1.74 bits per heavy atom. The standard InChI is InChI=1S/C11H15N3O4S/c1-2-18-8-4-7(12)10(8)13-11(15)6-3-9(14(16)17)19-5-6/h3,5,7-8,10H,2,4,12H2,1H3,(H,13,15). The van der Waals surface area contributed by atoms with Gasteiger partial charge >= 0.3 is 5.00 Å². The van der Waals surface area contributed by atoms with E-state index in [0.29, 0.717) is 13.0 Å². The molecule has 1 saturated carbocycles. The maximum absolute atomic E-state index is 11.9. The van der Waals surface area contributed by atoms with Crippen molar-refractivity contribution in [2.75, 3.05) is 6.61 Å². The molecular formula is C11H15N3O4S. The van der Waals surface area contributed by atoms with E-state index in [2.05, 4.69) is 5.32 Å². The number of hydrogen-bond donors (Lipinski definition) is 2. The third-order valence-corrected chi connectivity index (χ3v) is 3.95. The SMILES string of the molecule is CCOC1CC(N)C1NC(=O)c1csc([N+](=O)[O-])c1. The van der Waals surface area contributed by atoms with Gasteiger partial charge in [-0.05, 0) is 13.3 Å². The molecule has 0 saturated heterocycles. The highest BCUT2D eigenvalue weighted by atomic mass is 32.1. The Kier molecular flexibility index (Phi) is 4.13. The zero-order chi connectivity index (χ0) is 14.0. The average molecular weight is 285 g/mol. The van der Waals surface area contributed by atoms with Crippen LogP contribution in [0.3, 0.4) is 0 Å². The Bertz CT molecular complexity index is 488. The summed E-state index contributed by atoms with van der Waals surface area (Å²) in [6.45, 7) is 2.44. The summed E-state index contributed by atoms with van der Waals surface area (Å²) >= 11 is 0.928. The molecule has 0 spiro atoms. The van der Waals surface area contributed by atoms with Gasteiger partial charge in [-0.25, -0.2) is 0 Å². The van der Waals surface area contributed by atoms with Gasteiger partial charge in [0.1, 0.15) is 0 Å². The molecular weight excluding hydrogens is 270 g/mol. The largest absolute Gasteiger partial charge is 0.376 e. The number of carbonyl (C=O) groups is 1. The molecule has 0 aromatic carbocycles. The molecule has 2 rings (SSSR count). The van der Waals surface area contributed by atoms with E-state index in [9.17, 15) is 14.9 Å². The molecule has 8 heteroatoms. The van der Waals surface area contributed by atoms with Crippen molar-refractivity contribution < 1.29 is 14.5 Å². The first kappa shape index (κ1) is 13.9. The first-order valence-corrected chi connectivity index (χ1v) is 6.82. The summed E-state index contributed by atoms with van der Waals surface area (Å²) in [5.74, 6) is -0.353. The van der Waals surface area contributed by atoms with Crippen LogP contribution in [-0.4, -0.2) is 35.6 Å². The minimum absolute atomic E-state index is 0.0515. The van der Waals surface area contributed by atoms with Gasteiger partial charge in [-0.3, -0.25) is 14.9 Å². The lowest BCUT2D eigenvalue weighted by atomic mass is 9.83. The van der Waals surface area contributed by atoms with Gasteiger partial charge in [-0.1, -0.05) is 11.3 Å². The van der Waals surface area contributed by atoms with Gasteiger partial charge in [-0.2, -0.15) is 0 Å². The van der Waals surface area contributed by atoms with Crippen LogP contribution in [0.15, 0.2) is 11.4 Å². The van der Waals surface area contributed by atoms with Gasteiger partial charge < -0.3 is 15.8 Å². The molecule has 1 aromatic heterocycles. The molecule has 3 unspecified atom stereocenters. The van der Waals surface area contributed by atoms with E-state index in [1.54, 1.807) is 0 Å². The summed E-state index contributed by atoms with van der Waals surface area (Å²) in [5.41, 5.74) is 6.11. The number of nitro groups is 1. The van der Waals surface area contributed by atoms with Crippen molar-refractivity contribution in [1.82, 2.24) is 5.32 Å².